The van der Waals surface area contributed by atoms with Gasteiger partial charge in [-0.25, -0.2) is 0 Å². The average molecular weight is 408 g/mol. The third-order valence-corrected chi connectivity index (χ3v) is 6.87. The Labute approximate surface area is 180 Å². The molecule has 0 amide bonds. The van der Waals surface area contributed by atoms with Crippen LogP contribution in [0.3, 0.4) is 0 Å². The molecule has 1 saturated heterocycles. The summed E-state index contributed by atoms with van der Waals surface area (Å²) in [4.78, 5) is 2.52. The van der Waals surface area contributed by atoms with Crippen LogP contribution in [-0.4, -0.2) is 42.9 Å². The van der Waals surface area contributed by atoms with Crippen LogP contribution in [0.5, 0.6) is 11.5 Å². The van der Waals surface area contributed by atoms with Crippen LogP contribution in [0, 0.1) is 5.92 Å². The Morgan fingerprint density at radius 3 is 2.60 bits per heavy atom. The molecular weight excluding hydrogens is 374 g/mol. The summed E-state index contributed by atoms with van der Waals surface area (Å²) in [7, 11) is 3.35. The van der Waals surface area contributed by atoms with Crippen molar-refractivity contribution in [1.29, 1.82) is 0 Å². The van der Waals surface area contributed by atoms with Gasteiger partial charge in [0.05, 0.1) is 19.8 Å². The fourth-order valence-corrected chi connectivity index (χ4v) is 5.32. The highest BCUT2D eigenvalue weighted by Crippen LogP contribution is 2.50. The van der Waals surface area contributed by atoms with Gasteiger partial charge in [-0.05, 0) is 42.5 Å². The van der Waals surface area contributed by atoms with E-state index in [-0.39, 0.29) is 12.0 Å². The number of piperidine rings is 1. The maximum Gasteiger partial charge on any atom is 0.161 e. The Morgan fingerprint density at radius 2 is 1.83 bits per heavy atom. The summed E-state index contributed by atoms with van der Waals surface area (Å²) >= 11 is 0. The van der Waals surface area contributed by atoms with Crippen LogP contribution in [0.25, 0.3) is 6.08 Å². The average Bonchev–Trinajstić information content (AvgIpc) is 2.79. The zero-order chi connectivity index (χ0) is 21.0. The molecule has 2 fully saturated rings. The van der Waals surface area contributed by atoms with Gasteiger partial charge >= 0.3 is 0 Å². The van der Waals surface area contributed by atoms with E-state index in [9.17, 15) is 5.11 Å². The van der Waals surface area contributed by atoms with E-state index >= 15 is 0 Å². The minimum Gasteiger partial charge on any atom is -0.493 e. The summed E-state index contributed by atoms with van der Waals surface area (Å²) in [6.07, 6.45) is 9.57. The molecule has 0 aromatic heterocycles. The van der Waals surface area contributed by atoms with Gasteiger partial charge in [-0.2, -0.15) is 0 Å². The van der Waals surface area contributed by atoms with E-state index in [1.807, 2.05) is 12.1 Å². The van der Waals surface area contributed by atoms with Gasteiger partial charge in [0.15, 0.2) is 11.5 Å². The number of benzene rings is 2. The Kier molecular flexibility index (Phi) is 6.45. The Balaban J connectivity index is 1.64. The molecule has 1 saturated carbocycles. The molecule has 0 spiro atoms. The third-order valence-electron chi connectivity index (χ3n) is 6.87. The van der Waals surface area contributed by atoms with Gasteiger partial charge in [0.2, 0.25) is 0 Å². The quantitative estimate of drug-likeness (QED) is 0.725. The standard InChI is InChI=1S/C26H33NO3/c1-29-23-14-13-21(19-24(23)30-2)25-22-12-6-7-15-26(22,28)16-18-27(25)17-8-11-20-9-4-3-5-10-20/h3-5,8-11,13-14,19,22,25,28H,6-7,12,15-18H2,1-2H3/b11-8+/t22?,25-,26?/m0/s1. The maximum absolute atomic E-state index is 11.5. The topological polar surface area (TPSA) is 41.9 Å². The van der Waals surface area contributed by atoms with Gasteiger partial charge in [0.1, 0.15) is 0 Å². The Morgan fingerprint density at radius 1 is 1.03 bits per heavy atom. The van der Waals surface area contributed by atoms with Crippen LogP contribution in [0.15, 0.2) is 54.6 Å². The molecule has 4 nitrogen and oxygen atoms in total. The monoisotopic (exact) mass is 407 g/mol. The molecular formula is C26H33NO3. The lowest BCUT2D eigenvalue weighted by atomic mass is 9.66. The van der Waals surface area contributed by atoms with E-state index in [1.54, 1.807) is 14.2 Å². The van der Waals surface area contributed by atoms with E-state index in [2.05, 4.69) is 53.5 Å². The van der Waals surface area contributed by atoms with Gasteiger partial charge in [-0.15, -0.1) is 0 Å². The van der Waals surface area contributed by atoms with E-state index in [1.165, 1.54) is 17.5 Å². The van der Waals surface area contributed by atoms with Crippen molar-refractivity contribution >= 4 is 6.08 Å². The molecule has 1 aliphatic heterocycles. The van der Waals surface area contributed by atoms with Crippen LogP contribution < -0.4 is 9.47 Å². The Hall–Kier alpha value is -2.30. The molecule has 4 rings (SSSR count). The van der Waals surface area contributed by atoms with Crippen molar-refractivity contribution in [2.45, 2.75) is 43.7 Å². The number of methoxy groups -OCH3 is 2. The summed E-state index contributed by atoms with van der Waals surface area (Å²) < 4.78 is 11.0. The van der Waals surface area contributed by atoms with Crippen molar-refractivity contribution in [1.82, 2.24) is 4.90 Å². The van der Waals surface area contributed by atoms with E-state index < -0.39 is 5.60 Å². The molecule has 160 valence electrons. The largest absolute Gasteiger partial charge is 0.493 e. The number of hydrogen-bond donors (Lipinski definition) is 1. The van der Waals surface area contributed by atoms with Gasteiger partial charge in [-0.1, -0.05) is 61.4 Å². The van der Waals surface area contributed by atoms with Crippen molar-refractivity contribution in [3.63, 3.8) is 0 Å². The number of rotatable bonds is 6. The molecule has 30 heavy (non-hydrogen) atoms. The first-order valence-corrected chi connectivity index (χ1v) is 11.0. The summed E-state index contributed by atoms with van der Waals surface area (Å²) in [6, 6.07) is 16.8. The highest BCUT2D eigenvalue weighted by molar-refractivity contribution is 5.49. The third kappa shape index (κ3) is 4.26. The SMILES string of the molecule is COc1ccc([C@H]2C3CCCCC3(O)CCN2C/C=C/c2ccccc2)cc1OC. The highest BCUT2D eigenvalue weighted by Gasteiger charge is 2.48. The number of aliphatic hydroxyl groups is 1. The second kappa shape index (κ2) is 9.23. The predicted octanol–water partition coefficient (Wildman–Crippen LogP) is 5.09. The normalized spacial score (nSPS) is 27.0. The lowest BCUT2D eigenvalue weighted by Crippen LogP contribution is -2.54. The summed E-state index contributed by atoms with van der Waals surface area (Å²) in [6.45, 7) is 1.76. The van der Waals surface area contributed by atoms with E-state index in [4.69, 9.17) is 9.47 Å². The van der Waals surface area contributed by atoms with Crippen LogP contribution in [0.1, 0.15) is 49.3 Å². The number of nitrogens with zero attached hydrogens (tertiary/aromatic N) is 1. The second-order valence-corrected chi connectivity index (χ2v) is 8.57. The van der Waals surface area contributed by atoms with Crippen molar-refractivity contribution in [2.24, 2.45) is 5.92 Å². The second-order valence-electron chi connectivity index (χ2n) is 8.57. The molecule has 2 unspecified atom stereocenters. The smallest absolute Gasteiger partial charge is 0.161 e. The number of ether oxygens (including phenoxy) is 2. The lowest BCUT2D eigenvalue weighted by Gasteiger charge is -2.52. The molecule has 2 aromatic rings. The number of fused-ring (bicyclic) bond motifs is 1. The minimum absolute atomic E-state index is 0.171. The molecule has 2 aromatic carbocycles. The molecule has 1 aliphatic carbocycles. The van der Waals surface area contributed by atoms with E-state index in [0.29, 0.717) is 0 Å². The molecule has 1 heterocycles. The molecule has 1 N–H and O–H groups in total. The van der Waals surface area contributed by atoms with Crippen molar-refractivity contribution < 1.29 is 14.6 Å². The molecule has 4 heteroatoms. The summed E-state index contributed by atoms with van der Waals surface area (Å²) in [5.41, 5.74) is 1.85. The van der Waals surface area contributed by atoms with Crippen molar-refractivity contribution in [3.8, 4) is 11.5 Å². The molecule has 0 radical (unpaired) electrons. The molecule has 3 atom stereocenters. The zero-order valence-corrected chi connectivity index (χ0v) is 18.1. The van der Waals surface area contributed by atoms with Gasteiger partial charge < -0.3 is 14.6 Å². The summed E-state index contributed by atoms with van der Waals surface area (Å²) in [5.74, 6) is 1.73. The molecule has 0 bridgehead atoms. The number of likely N-dealkylation sites (tertiary alicyclic amines) is 1. The minimum atomic E-state index is -0.560. The van der Waals surface area contributed by atoms with Gasteiger partial charge in [0.25, 0.3) is 0 Å². The fraction of sp³-hybridized carbons (Fsp3) is 0.462. The fourth-order valence-electron chi connectivity index (χ4n) is 5.32. The van der Waals surface area contributed by atoms with Crippen molar-refractivity contribution in [3.05, 3.63) is 65.7 Å². The van der Waals surface area contributed by atoms with Crippen LogP contribution in [0.4, 0.5) is 0 Å². The number of hydrogen-bond acceptors (Lipinski definition) is 4. The molecule has 2 aliphatic rings. The van der Waals surface area contributed by atoms with Crippen molar-refractivity contribution in [2.75, 3.05) is 27.3 Å². The van der Waals surface area contributed by atoms with Gasteiger partial charge in [-0.3, -0.25) is 4.90 Å². The van der Waals surface area contributed by atoms with E-state index in [0.717, 1.165) is 50.3 Å². The first-order valence-electron chi connectivity index (χ1n) is 11.0. The lowest BCUT2D eigenvalue weighted by molar-refractivity contribution is -0.122. The maximum atomic E-state index is 11.5. The first kappa shape index (κ1) is 21.0. The van der Waals surface area contributed by atoms with Crippen LogP contribution in [0.2, 0.25) is 0 Å². The van der Waals surface area contributed by atoms with Crippen LogP contribution in [-0.2, 0) is 0 Å². The summed E-state index contributed by atoms with van der Waals surface area (Å²) in [5, 5.41) is 11.5. The highest BCUT2D eigenvalue weighted by atomic mass is 16.5. The van der Waals surface area contributed by atoms with Gasteiger partial charge in [0, 0.05) is 25.0 Å². The first-order chi connectivity index (χ1) is 14.6. The Bertz CT molecular complexity index is 866. The van der Waals surface area contributed by atoms with Crippen LogP contribution >= 0.6 is 0 Å². The predicted molar refractivity (Wildman–Crippen MR) is 121 cm³/mol. The zero-order valence-electron chi connectivity index (χ0n) is 18.1.